The largest absolute Gasteiger partial charge is 0.310 e. The fourth-order valence-corrected chi connectivity index (χ4v) is 2.23. The van der Waals surface area contributed by atoms with E-state index in [2.05, 4.69) is 24.4 Å². The summed E-state index contributed by atoms with van der Waals surface area (Å²) in [6.07, 6.45) is 2.47. The van der Waals surface area contributed by atoms with Gasteiger partial charge in [0.15, 0.2) is 0 Å². The zero-order valence-electron chi connectivity index (χ0n) is 7.81. The molecular formula is C11H14ClN. The smallest absolute Gasteiger partial charge is 0.0456 e. The van der Waals surface area contributed by atoms with Crippen LogP contribution in [0.3, 0.4) is 0 Å². The lowest BCUT2D eigenvalue weighted by atomic mass is 10.0. The zero-order valence-corrected chi connectivity index (χ0v) is 8.56. The molecule has 0 aliphatic carbocycles. The summed E-state index contributed by atoms with van der Waals surface area (Å²) in [5, 5.41) is 4.35. The summed E-state index contributed by atoms with van der Waals surface area (Å²) in [5.41, 5.74) is 2.48. The summed E-state index contributed by atoms with van der Waals surface area (Å²) in [4.78, 5) is 0. The third-order valence-corrected chi connectivity index (χ3v) is 2.92. The van der Waals surface area contributed by atoms with Crippen LogP contribution in [-0.2, 0) is 0 Å². The number of hydrogen-bond acceptors (Lipinski definition) is 1. The molecule has 1 heterocycles. The van der Waals surface area contributed by atoms with Crippen molar-refractivity contribution in [3.05, 3.63) is 34.3 Å². The Balaban J connectivity index is 2.29. The molecule has 1 aliphatic heterocycles. The standard InChI is InChI=1S/C11H14ClN/c1-8-4-5-9(10(12)7-8)11-3-2-6-13-11/h4-5,7,11,13H,2-3,6H2,1H3/t11-/m0/s1. The number of benzene rings is 1. The maximum Gasteiger partial charge on any atom is 0.0456 e. The van der Waals surface area contributed by atoms with E-state index >= 15 is 0 Å². The quantitative estimate of drug-likeness (QED) is 0.727. The summed E-state index contributed by atoms with van der Waals surface area (Å²) in [6, 6.07) is 6.78. The lowest BCUT2D eigenvalue weighted by molar-refractivity contribution is 0.648. The summed E-state index contributed by atoms with van der Waals surface area (Å²) >= 11 is 6.17. The van der Waals surface area contributed by atoms with E-state index in [1.807, 2.05) is 6.07 Å². The van der Waals surface area contributed by atoms with Gasteiger partial charge in [-0.1, -0.05) is 23.7 Å². The molecule has 1 nitrogen and oxygen atoms in total. The fraction of sp³-hybridized carbons (Fsp3) is 0.455. The average molecular weight is 196 g/mol. The monoisotopic (exact) mass is 195 g/mol. The van der Waals surface area contributed by atoms with Crippen molar-refractivity contribution in [2.24, 2.45) is 0 Å². The van der Waals surface area contributed by atoms with Gasteiger partial charge in [0.2, 0.25) is 0 Å². The topological polar surface area (TPSA) is 12.0 Å². The van der Waals surface area contributed by atoms with E-state index in [1.165, 1.54) is 24.0 Å². The van der Waals surface area contributed by atoms with Crippen LogP contribution in [0.4, 0.5) is 0 Å². The number of hydrogen-bond donors (Lipinski definition) is 1. The fourth-order valence-electron chi connectivity index (χ4n) is 1.86. The maximum atomic E-state index is 6.17. The van der Waals surface area contributed by atoms with E-state index < -0.39 is 0 Å². The number of rotatable bonds is 1. The third kappa shape index (κ3) is 1.87. The third-order valence-electron chi connectivity index (χ3n) is 2.59. The Morgan fingerprint density at radius 3 is 2.92 bits per heavy atom. The lowest BCUT2D eigenvalue weighted by Gasteiger charge is -2.12. The lowest BCUT2D eigenvalue weighted by Crippen LogP contribution is -2.13. The van der Waals surface area contributed by atoms with Crippen LogP contribution in [0.25, 0.3) is 0 Å². The Kier molecular flexibility index (Phi) is 2.56. The van der Waals surface area contributed by atoms with Crippen LogP contribution < -0.4 is 5.32 Å². The minimum absolute atomic E-state index is 0.480. The molecule has 0 unspecified atom stereocenters. The molecule has 1 aromatic carbocycles. The molecule has 0 amide bonds. The second-order valence-corrected chi connectivity index (χ2v) is 4.08. The van der Waals surface area contributed by atoms with Gasteiger partial charge < -0.3 is 5.32 Å². The molecule has 0 aromatic heterocycles. The Morgan fingerprint density at radius 2 is 2.31 bits per heavy atom. The number of nitrogens with one attached hydrogen (secondary N) is 1. The Labute approximate surface area is 84.1 Å². The van der Waals surface area contributed by atoms with Gasteiger partial charge in [-0.05, 0) is 43.5 Å². The first-order chi connectivity index (χ1) is 6.27. The van der Waals surface area contributed by atoms with Gasteiger partial charge in [0, 0.05) is 11.1 Å². The van der Waals surface area contributed by atoms with E-state index in [1.54, 1.807) is 0 Å². The molecule has 70 valence electrons. The van der Waals surface area contributed by atoms with Crippen molar-refractivity contribution in [2.45, 2.75) is 25.8 Å². The van der Waals surface area contributed by atoms with Crippen molar-refractivity contribution in [3.8, 4) is 0 Å². The van der Waals surface area contributed by atoms with Crippen LogP contribution in [0.15, 0.2) is 18.2 Å². The highest BCUT2D eigenvalue weighted by Gasteiger charge is 2.18. The van der Waals surface area contributed by atoms with Gasteiger partial charge in [0.25, 0.3) is 0 Å². The number of halogens is 1. The Bertz CT molecular complexity index is 303. The van der Waals surface area contributed by atoms with Crippen LogP contribution >= 0.6 is 11.6 Å². The molecule has 1 atom stereocenters. The molecule has 1 N–H and O–H groups in total. The van der Waals surface area contributed by atoms with Gasteiger partial charge in [-0.15, -0.1) is 0 Å². The van der Waals surface area contributed by atoms with Gasteiger partial charge in [-0.25, -0.2) is 0 Å². The van der Waals surface area contributed by atoms with Crippen molar-refractivity contribution in [3.63, 3.8) is 0 Å². The first kappa shape index (κ1) is 9.04. The minimum atomic E-state index is 0.480. The molecule has 13 heavy (non-hydrogen) atoms. The van der Waals surface area contributed by atoms with Crippen LogP contribution in [0.2, 0.25) is 5.02 Å². The van der Waals surface area contributed by atoms with Crippen LogP contribution in [0.5, 0.6) is 0 Å². The predicted octanol–water partition coefficient (Wildman–Crippen LogP) is 3.07. The van der Waals surface area contributed by atoms with Crippen molar-refractivity contribution < 1.29 is 0 Å². The molecular weight excluding hydrogens is 182 g/mol. The van der Waals surface area contributed by atoms with Crippen molar-refractivity contribution in [1.29, 1.82) is 0 Å². The first-order valence-corrected chi connectivity index (χ1v) is 5.14. The van der Waals surface area contributed by atoms with E-state index in [9.17, 15) is 0 Å². The van der Waals surface area contributed by atoms with Gasteiger partial charge in [0.05, 0.1) is 0 Å². The Hall–Kier alpha value is -0.530. The van der Waals surface area contributed by atoms with Gasteiger partial charge in [-0.2, -0.15) is 0 Å². The van der Waals surface area contributed by atoms with E-state index in [4.69, 9.17) is 11.6 Å². The highest BCUT2D eigenvalue weighted by molar-refractivity contribution is 6.31. The molecule has 1 saturated heterocycles. The average Bonchev–Trinajstić information content (AvgIpc) is 2.56. The maximum absolute atomic E-state index is 6.17. The molecule has 2 heteroatoms. The molecule has 1 fully saturated rings. The summed E-state index contributed by atoms with van der Waals surface area (Å²) < 4.78 is 0. The second kappa shape index (κ2) is 3.69. The molecule has 1 aromatic rings. The van der Waals surface area contributed by atoms with Gasteiger partial charge in [0.1, 0.15) is 0 Å². The zero-order chi connectivity index (χ0) is 9.26. The summed E-state index contributed by atoms with van der Waals surface area (Å²) in [7, 11) is 0. The highest BCUT2D eigenvalue weighted by atomic mass is 35.5. The highest BCUT2D eigenvalue weighted by Crippen LogP contribution is 2.29. The SMILES string of the molecule is Cc1ccc([C@@H]2CCCN2)c(Cl)c1. The first-order valence-electron chi connectivity index (χ1n) is 4.77. The summed E-state index contributed by atoms with van der Waals surface area (Å²) in [5.74, 6) is 0. The molecule has 0 spiro atoms. The van der Waals surface area contributed by atoms with E-state index in [0.717, 1.165) is 11.6 Å². The number of aryl methyl sites for hydroxylation is 1. The molecule has 0 bridgehead atoms. The van der Waals surface area contributed by atoms with Crippen LogP contribution in [-0.4, -0.2) is 6.54 Å². The van der Waals surface area contributed by atoms with Gasteiger partial charge in [-0.3, -0.25) is 0 Å². The molecule has 0 radical (unpaired) electrons. The van der Waals surface area contributed by atoms with Crippen LogP contribution in [0, 0.1) is 6.92 Å². The molecule has 1 aliphatic rings. The van der Waals surface area contributed by atoms with E-state index in [-0.39, 0.29) is 0 Å². The van der Waals surface area contributed by atoms with E-state index in [0.29, 0.717) is 6.04 Å². The molecule has 0 saturated carbocycles. The van der Waals surface area contributed by atoms with Crippen molar-refractivity contribution in [2.75, 3.05) is 6.54 Å². The molecule has 2 rings (SSSR count). The van der Waals surface area contributed by atoms with Crippen molar-refractivity contribution in [1.82, 2.24) is 5.32 Å². The Morgan fingerprint density at radius 1 is 1.46 bits per heavy atom. The van der Waals surface area contributed by atoms with Gasteiger partial charge >= 0.3 is 0 Å². The summed E-state index contributed by atoms with van der Waals surface area (Å²) in [6.45, 7) is 3.19. The van der Waals surface area contributed by atoms with Crippen molar-refractivity contribution >= 4 is 11.6 Å². The minimum Gasteiger partial charge on any atom is -0.310 e. The predicted molar refractivity (Wildman–Crippen MR) is 56.2 cm³/mol. The second-order valence-electron chi connectivity index (χ2n) is 3.67. The van der Waals surface area contributed by atoms with Crippen LogP contribution in [0.1, 0.15) is 30.0 Å². The normalized spacial score (nSPS) is 22.2.